The van der Waals surface area contributed by atoms with Gasteiger partial charge in [-0.25, -0.2) is 0 Å². The number of rotatable bonds is 5. The average Bonchev–Trinajstić information content (AvgIpc) is 2.84. The van der Waals surface area contributed by atoms with Gasteiger partial charge in [-0.15, -0.1) is 0 Å². The number of amides is 1. The fourth-order valence-corrected chi connectivity index (χ4v) is 1.99. The van der Waals surface area contributed by atoms with E-state index >= 15 is 0 Å². The van der Waals surface area contributed by atoms with Crippen LogP contribution in [0.3, 0.4) is 0 Å². The monoisotopic (exact) mass is 257 g/mol. The summed E-state index contributed by atoms with van der Waals surface area (Å²) in [4.78, 5) is 10.9. The van der Waals surface area contributed by atoms with E-state index in [1.165, 1.54) is 12.6 Å². The Morgan fingerprint density at radius 3 is 2.47 bits per heavy atom. The van der Waals surface area contributed by atoms with Crippen molar-refractivity contribution in [1.82, 2.24) is 4.57 Å². The van der Waals surface area contributed by atoms with Crippen molar-refractivity contribution in [1.29, 1.82) is 0 Å². The Balaban J connectivity index is 1.94. The molecule has 0 atom stereocenters. The number of aryl methyl sites for hydroxylation is 1. The molecule has 0 aliphatic carbocycles. The maximum Gasteiger partial charge on any atom is 0.221 e. The maximum absolute atomic E-state index is 10.9. The lowest BCUT2D eigenvalue weighted by Crippen LogP contribution is -2.07. The first-order chi connectivity index (χ1) is 9.19. The van der Waals surface area contributed by atoms with Crippen LogP contribution in [0.15, 0.2) is 42.6 Å². The third kappa shape index (κ3) is 3.61. The van der Waals surface area contributed by atoms with Gasteiger partial charge in [0.15, 0.2) is 0 Å². The van der Waals surface area contributed by atoms with Gasteiger partial charge in [-0.1, -0.05) is 0 Å². The first-order valence-corrected chi connectivity index (χ1v) is 6.44. The number of hydrogen-bond acceptors (Lipinski definition) is 2. The van der Waals surface area contributed by atoms with Crippen LogP contribution in [0.4, 0.5) is 11.4 Å². The normalized spacial score (nSPS) is 10.2. The van der Waals surface area contributed by atoms with Gasteiger partial charge in [0.25, 0.3) is 0 Å². The number of nitrogens with one attached hydrogen (secondary N) is 2. The summed E-state index contributed by atoms with van der Waals surface area (Å²) in [5.41, 5.74) is 3.11. The fourth-order valence-electron chi connectivity index (χ4n) is 1.99. The SMILES string of the molecule is CCn1cccc1CNc1ccc(NC(C)=O)cc1. The smallest absolute Gasteiger partial charge is 0.221 e. The highest BCUT2D eigenvalue weighted by molar-refractivity contribution is 5.88. The quantitative estimate of drug-likeness (QED) is 0.864. The largest absolute Gasteiger partial charge is 0.379 e. The van der Waals surface area contributed by atoms with Crippen LogP contribution in [0.2, 0.25) is 0 Å². The van der Waals surface area contributed by atoms with Crippen LogP contribution in [-0.4, -0.2) is 10.5 Å². The zero-order valence-electron chi connectivity index (χ0n) is 11.3. The zero-order chi connectivity index (χ0) is 13.7. The van der Waals surface area contributed by atoms with E-state index in [0.29, 0.717) is 0 Å². The van der Waals surface area contributed by atoms with Gasteiger partial charge in [0, 0.05) is 36.7 Å². The number of nitrogens with zero attached hydrogens (tertiary/aromatic N) is 1. The van der Waals surface area contributed by atoms with E-state index in [1.807, 2.05) is 24.3 Å². The van der Waals surface area contributed by atoms with E-state index in [0.717, 1.165) is 24.5 Å². The van der Waals surface area contributed by atoms with E-state index in [9.17, 15) is 4.79 Å². The van der Waals surface area contributed by atoms with Crippen LogP contribution in [-0.2, 0) is 17.9 Å². The second kappa shape index (κ2) is 6.09. The highest BCUT2D eigenvalue weighted by Crippen LogP contribution is 2.14. The van der Waals surface area contributed by atoms with Crippen molar-refractivity contribution >= 4 is 17.3 Å². The standard InChI is InChI=1S/C15H19N3O/c1-3-18-10-4-5-15(18)11-16-13-6-8-14(9-7-13)17-12(2)19/h4-10,16H,3,11H2,1-2H3,(H,17,19). The van der Waals surface area contributed by atoms with Gasteiger partial charge in [0.1, 0.15) is 0 Å². The third-order valence-electron chi connectivity index (χ3n) is 2.94. The lowest BCUT2D eigenvalue weighted by molar-refractivity contribution is -0.114. The number of aromatic nitrogens is 1. The molecule has 1 amide bonds. The molecule has 2 aromatic rings. The Morgan fingerprint density at radius 1 is 1.16 bits per heavy atom. The molecule has 2 rings (SSSR count). The molecule has 0 radical (unpaired) electrons. The molecule has 100 valence electrons. The molecular weight excluding hydrogens is 238 g/mol. The molecule has 0 fully saturated rings. The Labute approximate surface area is 113 Å². The van der Waals surface area contributed by atoms with E-state index in [1.54, 1.807) is 0 Å². The minimum Gasteiger partial charge on any atom is -0.379 e. The summed E-state index contributed by atoms with van der Waals surface area (Å²) in [6.07, 6.45) is 2.08. The molecule has 0 bridgehead atoms. The van der Waals surface area contributed by atoms with Crippen LogP contribution < -0.4 is 10.6 Å². The van der Waals surface area contributed by atoms with Gasteiger partial charge in [-0.2, -0.15) is 0 Å². The van der Waals surface area contributed by atoms with Gasteiger partial charge in [-0.05, 0) is 43.3 Å². The van der Waals surface area contributed by atoms with E-state index < -0.39 is 0 Å². The lowest BCUT2D eigenvalue weighted by Gasteiger charge is -2.10. The van der Waals surface area contributed by atoms with Crippen molar-refractivity contribution in [3.8, 4) is 0 Å². The van der Waals surface area contributed by atoms with Crippen molar-refractivity contribution in [2.45, 2.75) is 26.9 Å². The molecule has 4 nitrogen and oxygen atoms in total. The first kappa shape index (κ1) is 13.2. The minimum absolute atomic E-state index is 0.0542. The van der Waals surface area contributed by atoms with Gasteiger partial charge < -0.3 is 15.2 Å². The molecule has 2 N–H and O–H groups in total. The summed E-state index contributed by atoms with van der Waals surface area (Å²) in [6.45, 7) is 5.41. The molecular formula is C15H19N3O. The molecule has 19 heavy (non-hydrogen) atoms. The van der Waals surface area contributed by atoms with Gasteiger partial charge in [0.2, 0.25) is 5.91 Å². The molecule has 0 saturated carbocycles. The van der Waals surface area contributed by atoms with E-state index in [-0.39, 0.29) is 5.91 Å². The summed E-state index contributed by atoms with van der Waals surface area (Å²) in [7, 11) is 0. The number of benzene rings is 1. The Bertz CT molecular complexity index is 543. The molecule has 0 unspecified atom stereocenters. The highest BCUT2D eigenvalue weighted by Gasteiger charge is 2.00. The lowest BCUT2D eigenvalue weighted by atomic mass is 10.2. The predicted octanol–water partition coefficient (Wildman–Crippen LogP) is 3.08. The van der Waals surface area contributed by atoms with Gasteiger partial charge in [0.05, 0.1) is 6.54 Å². The van der Waals surface area contributed by atoms with Crippen LogP contribution in [0.1, 0.15) is 19.5 Å². The second-order valence-electron chi connectivity index (χ2n) is 4.40. The molecule has 0 spiro atoms. The summed E-state index contributed by atoms with van der Waals surface area (Å²) >= 11 is 0. The molecule has 0 saturated heterocycles. The summed E-state index contributed by atoms with van der Waals surface area (Å²) in [6, 6.07) is 11.9. The van der Waals surface area contributed by atoms with Crippen molar-refractivity contribution in [2.24, 2.45) is 0 Å². The minimum atomic E-state index is -0.0542. The van der Waals surface area contributed by atoms with E-state index in [2.05, 4.69) is 40.5 Å². The van der Waals surface area contributed by atoms with Crippen LogP contribution in [0.5, 0.6) is 0 Å². The zero-order valence-corrected chi connectivity index (χ0v) is 11.3. The number of anilines is 2. The summed E-state index contributed by atoms with van der Waals surface area (Å²) < 4.78 is 2.21. The first-order valence-electron chi connectivity index (χ1n) is 6.44. The molecule has 4 heteroatoms. The molecule has 1 aromatic heterocycles. The number of hydrogen-bond donors (Lipinski definition) is 2. The number of carbonyl (C=O) groups is 1. The number of carbonyl (C=O) groups excluding carboxylic acids is 1. The van der Waals surface area contributed by atoms with Crippen LogP contribution in [0, 0.1) is 0 Å². The van der Waals surface area contributed by atoms with Crippen molar-refractivity contribution in [3.63, 3.8) is 0 Å². The van der Waals surface area contributed by atoms with Crippen LogP contribution >= 0.6 is 0 Å². The van der Waals surface area contributed by atoms with Gasteiger partial charge in [-0.3, -0.25) is 4.79 Å². The Morgan fingerprint density at radius 2 is 1.84 bits per heavy atom. The maximum atomic E-state index is 10.9. The molecule has 0 aliphatic heterocycles. The topological polar surface area (TPSA) is 46.1 Å². The van der Waals surface area contributed by atoms with Crippen LogP contribution in [0.25, 0.3) is 0 Å². The van der Waals surface area contributed by atoms with Gasteiger partial charge >= 0.3 is 0 Å². The van der Waals surface area contributed by atoms with Crippen molar-refractivity contribution < 1.29 is 4.79 Å². The second-order valence-corrected chi connectivity index (χ2v) is 4.40. The summed E-state index contributed by atoms with van der Waals surface area (Å²) in [5.74, 6) is -0.0542. The average molecular weight is 257 g/mol. The fraction of sp³-hybridized carbons (Fsp3) is 0.267. The molecule has 1 heterocycles. The summed E-state index contributed by atoms with van der Waals surface area (Å²) in [5, 5.41) is 6.12. The Hall–Kier alpha value is -2.23. The highest BCUT2D eigenvalue weighted by atomic mass is 16.1. The third-order valence-corrected chi connectivity index (χ3v) is 2.94. The van der Waals surface area contributed by atoms with Crippen molar-refractivity contribution in [2.75, 3.05) is 10.6 Å². The van der Waals surface area contributed by atoms with Crippen molar-refractivity contribution in [3.05, 3.63) is 48.3 Å². The van der Waals surface area contributed by atoms with E-state index in [4.69, 9.17) is 0 Å². The Kier molecular flexibility index (Phi) is 4.23. The predicted molar refractivity (Wildman–Crippen MR) is 78.2 cm³/mol. The molecule has 0 aliphatic rings. The molecule has 1 aromatic carbocycles.